The van der Waals surface area contributed by atoms with Gasteiger partial charge in [0.05, 0.1) is 13.2 Å². The highest BCUT2D eigenvalue weighted by atomic mass is 16.5. The quantitative estimate of drug-likeness (QED) is 0.495. The van der Waals surface area contributed by atoms with E-state index in [9.17, 15) is 4.79 Å². The van der Waals surface area contributed by atoms with E-state index < -0.39 is 0 Å². The van der Waals surface area contributed by atoms with E-state index in [2.05, 4.69) is 12.2 Å². The molecule has 0 aromatic carbocycles. The van der Waals surface area contributed by atoms with E-state index in [0.29, 0.717) is 13.2 Å². The maximum absolute atomic E-state index is 11.3. The van der Waals surface area contributed by atoms with Gasteiger partial charge in [-0.05, 0) is 6.42 Å². The van der Waals surface area contributed by atoms with Crippen LogP contribution in [0.5, 0.6) is 0 Å². The molecule has 1 N–H and O–H groups in total. The van der Waals surface area contributed by atoms with Crippen LogP contribution in [0.3, 0.4) is 0 Å². The Balaban J connectivity index is 3.10. The minimum absolute atomic E-state index is 0.0287. The molecule has 4 nitrogen and oxygen atoms in total. The minimum Gasteiger partial charge on any atom is -0.382 e. The van der Waals surface area contributed by atoms with Crippen molar-refractivity contribution in [3.8, 4) is 0 Å². The Morgan fingerprint density at radius 2 is 1.58 bits per heavy atom. The average Bonchev–Trinajstić information content (AvgIpc) is 2.42. The van der Waals surface area contributed by atoms with Gasteiger partial charge >= 0.3 is 0 Å². The number of carbonyl (C=O) groups is 1. The first kappa shape index (κ1) is 18.4. The van der Waals surface area contributed by atoms with E-state index in [0.717, 1.165) is 13.0 Å². The van der Waals surface area contributed by atoms with Gasteiger partial charge < -0.3 is 14.8 Å². The largest absolute Gasteiger partial charge is 0.382 e. The molecule has 0 saturated heterocycles. The summed E-state index contributed by atoms with van der Waals surface area (Å²) in [6.07, 6.45) is 10.3. The van der Waals surface area contributed by atoms with Crippen molar-refractivity contribution in [2.45, 2.75) is 58.3 Å². The molecule has 0 aliphatic heterocycles. The van der Waals surface area contributed by atoms with E-state index >= 15 is 0 Å². The van der Waals surface area contributed by atoms with Crippen molar-refractivity contribution >= 4 is 5.91 Å². The highest BCUT2D eigenvalue weighted by Crippen LogP contribution is 2.07. The summed E-state index contributed by atoms with van der Waals surface area (Å²) in [5.74, 6) is -0.0287. The lowest BCUT2D eigenvalue weighted by molar-refractivity contribution is -0.126. The van der Waals surface area contributed by atoms with Gasteiger partial charge in [-0.2, -0.15) is 0 Å². The summed E-state index contributed by atoms with van der Waals surface area (Å²) >= 11 is 0. The number of hydrogen-bond donors (Lipinski definition) is 1. The number of ether oxygens (including phenoxy) is 2. The zero-order valence-corrected chi connectivity index (χ0v) is 12.7. The Labute approximate surface area is 118 Å². The van der Waals surface area contributed by atoms with Gasteiger partial charge in [-0.15, -0.1) is 0 Å². The average molecular weight is 273 g/mol. The number of rotatable bonds is 14. The van der Waals surface area contributed by atoms with Crippen molar-refractivity contribution in [3.63, 3.8) is 0 Å². The maximum atomic E-state index is 11.3. The Kier molecular flexibility index (Phi) is 15.0. The second-order valence-corrected chi connectivity index (χ2v) is 4.87. The predicted molar refractivity (Wildman–Crippen MR) is 78.3 cm³/mol. The lowest BCUT2D eigenvalue weighted by Gasteiger charge is -2.06. The Morgan fingerprint density at radius 1 is 0.947 bits per heavy atom. The fourth-order valence-corrected chi connectivity index (χ4v) is 1.84. The molecule has 0 saturated carbocycles. The summed E-state index contributed by atoms with van der Waals surface area (Å²) in [5.41, 5.74) is 0. The molecule has 0 heterocycles. The molecule has 19 heavy (non-hydrogen) atoms. The fourth-order valence-electron chi connectivity index (χ4n) is 1.84. The van der Waals surface area contributed by atoms with Crippen LogP contribution in [0.15, 0.2) is 0 Å². The first-order valence-corrected chi connectivity index (χ1v) is 7.64. The second-order valence-electron chi connectivity index (χ2n) is 4.87. The molecule has 0 bridgehead atoms. The van der Waals surface area contributed by atoms with Crippen LogP contribution in [0.25, 0.3) is 0 Å². The highest BCUT2D eigenvalue weighted by molar-refractivity contribution is 5.77. The van der Waals surface area contributed by atoms with Gasteiger partial charge in [-0.1, -0.05) is 51.9 Å². The number of hydrogen-bond acceptors (Lipinski definition) is 3. The molecule has 0 aromatic rings. The van der Waals surface area contributed by atoms with E-state index in [-0.39, 0.29) is 12.5 Å². The van der Waals surface area contributed by atoms with E-state index in [1.807, 2.05) is 0 Å². The van der Waals surface area contributed by atoms with E-state index in [1.165, 1.54) is 44.9 Å². The number of nitrogens with one attached hydrogen (secondary N) is 1. The number of amides is 1. The zero-order valence-electron chi connectivity index (χ0n) is 12.7. The van der Waals surface area contributed by atoms with Crippen molar-refractivity contribution in [2.24, 2.45) is 0 Å². The summed E-state index contributed by atoms with van der Waals surface area (Å²) in [5, 5.41) is 2.87. The van der Waals surface area contributed by atoms with E-state index in [4.69, 9.17) is 9.47 Å². The molecule has 1 amide bonds. The Bertz CT molecular complexity index is 198. The lowest BCUT2D eigenvalue weighted by atomic mass is 10.1. The molecule has 0 radical (unpaired) electrons. The van der Waals surface area contributed by atoms with Crippen LogP contribution in [0.1, 0.15) is 58.3 Å². The maximum Gasteiger partial charge on any atom is 0.245 e. The third-order valence-electron chi connectivity index (χ3n) is 3.02. The van der Waals surface area contributed by atoms with Gasteiger partial charge in [0, 0.05) is 13.7 Å². The van der Waals surface area contributed by atoms with Crippen LogP contribution in [0.2, 0.25) is 0 Å². The van der Waals surface area contributed by atoms with Crippen LogP contribution in [-0.2, 0) is 14.3 Å². The summed E-state index contributed by atoms with van der Waals surface area (Å²) in [7, 11) is 1.62. The summed E-state index contributed by atoms with van der Waals surface area (Å²) in [6.45, 7) is 4.15. The van der Waals surface area contributed by atoms with Crippen molar-refractivity contribution in [1.29, 1.82) is 0 Å². The molecule has 4 heteroatoms. The second kappa shape index (κ2) is 15.4. The molecule has 114 valence electrons. The van der Waals surface area contributed by atoms with Gasteiger partial charge in [0.25, 0.3) is 0 Å². The number of carbonyl (C=O) groups excluding carboxylic acids is 1. The van der Waals surface area contributed by atoms with Crippen molar-refractivity contribution in [3.05, 3.63) is 0 Å². The molecular weight excluding hydrogens is 242 g/mol. The molecule has 0 rings (SSSR count). The molecular formula is C15H31NO3. The van der Waals surface area contributed by atoms with E-state index in [1.54, 1.807) is 7.11 Å². The highest BCUT2D eigenvalue weighted by Gasteiger charge is 2.00. The van der Waals surface area contributed by atoms with Crippen LogP contribution in [-0.4, -0.2) is 39.4 Å². The SMILES string of the molecule is CCCCCCCCCCNC(=O)COCCOC. The summed E-state index contributed by atoms with van der Waals surface area (Å²) < 4.78 is 9.96. The number of methoxy groups -OCH3 is 1. The Morgan fingerprint density at radius 3 is 2.21 bits per heavy atom. The smallest absolute Gasteiger partial charge is 0.245 e. The molecule has 0 aliphatic rings. The van der Waals surface area contributed by atoms with Crippen LogP contribution >= 0.6 is 0 Å². The monoisotopic (exact) mass is 273 g/mol. The predicted octanol–water partition coefficient (Wildman–Crippen LogP) is 2.91. The topological polar surface area (TPSA) is 47.6 Å². The summed E-state index contributed by atoms with van der Waals surface area (Å²) in [6, 6.07) is 0. The molecule has 0 atom stereocenters. The third-order valence-corrected chi connectivity index (χ3v) is 3.02. The molecule has 0 unspecified atom stereocenters. The standard InChI is InChI=1S/C15H31NO3/c1-3-4-5-6-7-8-9-10-11-16-15(17)14-19-13-12-18-2/h3-14H2,1-2H3,(H,16,17). The normalized spacial score (nSPS) is 10.6. The first-order chi connectivity index (χ1) is 9.31. The van der Waals surface area contributed by atoms with Crippen LogP contribution < -0.4 is 5.32 Å². The molecule has 0 aliphatic carbocycles. The van der Waals surface area contributed by atoms with Gasteiger partial charge in [0.1, 0.15) is 6.61 Å². The van der Waals surface area contributed by atoms with Gasteiger partial charge in [-0.3, -0.25) is 4.79 Å². The van der Waals surface area contributed by atoms with Crippen molar-refractivity contribution < 1.29 is 14.3 Å². The first-order valence-electron chi connectivity index (χ1n) is 7.64. The Hall–Kier alpha value is -0.610. The molecule has 0 spiro atoms. The van der Waals surface area contributed by atoms with Crippen LogP contribution in [0.4, 0.5) is 0 Å². The zero-order chi connectivity index (χ0) is 14.2. The fraction of sp³-hybridized carbons (Fsp3) is 0.933. The van der Waals surface area contributed by atoms with Crippen molar-refractivity contribution in [2.75, 3.05) is 33.5 Å². The van der Waals surface area contributed by atoms with Gasteiger partial charge in [0.15, 0.2) is 0 Å². The molecule has 0 fully saturated rings. The number of unbranched alkanes of at least 4 members (excludes halogenated alkanes) is 7. The van der Waals surface area contributed by atoms with Crippen LogP contribution in [0, 0.1) is 0 Å². The molecule has 0 aromatic heterocycles. The summed E-state index contributed by atoms with van der Waals surface area (Å²) in [4.78, 5) is 11.3. The van der Waals surface area contributed by atoms with Gasteiger partial charge in [0.2, 0.25) is 5.91 Å². The lowest BCUT2D eigenvalue weighted by Crippen LogP contribution is -2.29. The third kappa shape index (κ3) is 15.3. The van der Waals surface area contributed by atoms with Gasteiger partial charge in [-0.25, -0.2) is 0 Å². The minimum atomic E-state index is -0.0287. The van der Waals surface area contributed by atoms with Crippen molar-refractivity contribution in [1.82, 2.24) is 5.32 Å².